The van der Waals surface area contributed by atoms with Crippen LogP contribution < -0.4 is 0 Å². The van der Waals surface area contributed by atoms with E-state index in [1.54, 1.807) is 18.6 Å². The number of rotatable bonds is 2. The second kappa shape index (κ2) is 4.95. The van der Waals surface area contributed by atoms with Crippen LogP contribution >= 0.6 is 0 Å². The van der Waals surface area contributed by atoms with Gasteiger partial charge in [-0.05, 0) is 36.4 Å². The molecule has 0 saturated heterocycles. The number of pyridine rings is 3. The van der Waals surface area contributed by atoms with E-state index in [1.165, 1.54) is 0 Å². The Bertz CT molecular complexity index is 1120. The Hall–Kier alpha value is -3.61. The fourth-order valence-electron chi connectivity index (χ4n) is 2.70. The van der Waals surface area contributed by atoms with Crippen LogP contribution in [0.15, 0.2) is 55.0 Å². The second-order valence-electron chi connectivity index (χ2n) is 5.36. The van der Waals surface area contributed by atoms with E-state index < -0.39 is 0 Å². The maximum Gasteiger partial charge on any atom is 0.162 e. The van der Waals surface area contributed by atoms with Gasteiger partial charge in [-0.1, -0.05) is 0 Å². The second-order valence-corrected chi connectivity index (χ2v) is 5.36. The summed E-state index contributed by atoms with van der Waals surface area (Å²) in [5.74, 6) is 0.644. The van der Waals surface area contributed by atoms with Crippen LogP contribution in [-0.4, -0.2) is 35.1 Å². The third-order valence-electron chi connectivity index (χ3n) is 3.84. The molecule has 0 amide bonds. The summed E-state index contributed by atoms with van der Waals surface area (Å²) in [6, 6.07) is 11.5. The van der Waals surface area contributed by atoms with Gasteiger partial charge in [0.05, 0.1) is 11.2 Å². The molecule has 0 atom stereocenters. The van der Waals surface area contributed by atoms with Gasteiger partial charge in [0.2, 0.25) is 0 Å². The fourth-order valence-corrected chi connectivity index (χ4v) is 2.70. The van der Waals surface area contributed by atoms with Crippen molar-refractivity contribution in [3.8, 4) is 22.8 Å². The first kappa shape index (κ1) is 12.9. The van der Waals surface area contributed by atoms with Gasteiger partial charge in [0.1, 0.15) is 11.0 Å². The number of aromatic nitrogens is 7. The predicted octanol–water partition coefficient (Wildman–Crippen LogP) is 2.96. The average molecular weight is 313 g/mol. The molecule has 0 aromatic carbocycles. The van der Waals surface area contributed by atoms with Crippen molar-refractivity contribution < 1.29 is 0 Å². The minimum absolute atomic E-state index is 0.644. The monoisotopic (exact) mass is 313 g/mol. The Morgan fingerprint density at radius 1 is 0.917 bits per heavy atom. The molecule has 0 aliphatic rings. The number of aromatic amines is 2. The zero-order chi connectivity index (χ0) is 15.9. The molecule has 0 aliphatic carbocycles. The van der Waals surface area contributed by atoms with Crippen molar-refractivity contribution in [3.63, 3.8) is 0 Å². The van der Waals surface area contributed by atoms with E-state index in [4.69, 9.17) is 4.98 Å². The molecule has 5 aromatic rings. The molecule has 7 nitrogen and oxygen atoms in total. The van der Waals surface area contributed by atoms with Gasteiger partial charge in [-0.15, -0.1) is 0 Å². The summed E-state index contributed by atoms with van der Waals surface area (Å²) in [6.45, 7) is 0. The fraction of sp³-hybridized carbons (Fsp3) is 0. The van der Waals surface area contributed by atoms with Gasteiger partial charge in [-0.3, -0.25) is 10.1 Å². The Labute approximate surface area is 135 Å². The molecular weight excluding hydrogens is 302 g/mol. The zero-order valence-electron chi connectivity index (χ0n) is 12.4. The number of hydrogen-bond acceptors (Lipinski definition) is 5. The molecule has 0 aliphatic heterocycles. The standard InChI is InChI=1S/C17H11N7/c1-3-10(9-18-7-1)11-5-6-12-14(20-11)15(24-23-12)17-21-13-4-2-8-19-16(13)22-17/h1-9H,(H,23,24)(H,19,21,22). The van der Waals surface area contributed by atoms with Gasteiger partial charge in [0.25, 0.3) is 0 Å². The molecule has 0 unspecified atom stereocenters. The highest BCUT2D eigenvalue weighted by molar-refractivity contribution is 5.90. The summed E-state index contributed by atoms with van der Waals surface area (Å²) in [4.78, 5) is 20.9. The first-order valence-electron chi connectivity index (χ1n) is 7.45. The summed E-state index contributed by atoms with van der Waals surface area (Å²) < 4.78 is 0. The minimum atomic E-state index is 0.644. The SMILES string of the molecule is c1cncc(-c2ccc3[nH]nc(-c4nc5cccnc5[nH]4)c3n2)c1. The Balaban J connectivity index is 1.71. The van der Waals surface area contributed by atoms with Gasteiger partial charge in [-0.2, -0.15) is 5.10 Å². The number of nitrogens with zero attached hydrogens (tertiary/aromatic N) is 5. The quantitative estimate of drug-likeness (QED) is 0.522. The minimum Gasteiger partial charge on any atom is -0.321 e. The summed E-state index contributed by atoms with van der Waals surface area (Å²) in [7, 11) is 0. The molecule has 5 rings (SSSR count). The highest BCUT2D eigenvalue weighted by Gasteiger charge is 2.15. The molecule has 7 heteroatoms. The van der Waals surface area contributed by atoms with E-state index >= 15 is 0 Å². The number of imidazole rings is 1. The van der Waals surface area contributed by atoms with Crippen LogP contribution in [0.2, 0.25) is 0 Å². The molecule has 0 bridgehead atoms. The van der Waals surface area contributed by atoms with Crippen molar-refractivity contribution >= 4 is 22.2 Å². The number of H-pyrrole nitrogens is 2. The maximum atomic E-state index is 4.74. The molecule has 5 heterocycles. The Morgan fingerprint density at radius 2 is 1.88 bits per heavy atom. The van der Waals surface area contributed by atoms with Gasteiger partial charge in [0, 0.05) is 24.2 Å². The molecule has 0 fully saturated rings. The van der Waals surface area contributed by atoms with Crippen molar-refractivity contribution in [2.45, 2.75) is 0 Å². The zero-order valence-corrected chi connectivity index (χ0v) is 12.4. The van der Waals surface area contributed by atoms with Crippen molar-refractivity contribution in [1.82, 2.24) is 35.1 Å². The van der Waals surface area contributed by atoms with E-state index in [-0.39, 0.29) is 0 Å². The highest BCUT2D eigenvalue weighted by atomic mass is 15.2. The van der Waals surface area contributed by atoms with E-state index in [1.807, 2.05) is 36.4 Å². The number of hydrogen-bond donors (Lipinski definition) is 2. The summed E-state index contributed by atoms with van der Waals surface area (Å²) >= 11 is 0. The lowest BCUT2D eigenvalue weighted by Crippen LogP contribution is -1.87. The normalized spacial score (nSPS) is 11.3. The molecule has 24 heavy (non-hydrogen) atoms. The van der Waals surface area contributed by atoms with E-state index in [9.17, 15) is 0 Å². The smallest absolute Gasteiger partial charge is 0.162 e. The molecule has 0 spiro atoms. The van der Waals surface area contributed by atoms with Crippen molar-refractivity contribution in [3.05, 3.63) is 55.0 Å². The summed E-state index contributed by atoms with van der Waals surface area (Å²) in [5, 5.41) is 7.37. The lowest BCUT2D eigenvalue weighted by atomic mass is 10.2. The van der Waals surface area contributed by atoms with Gasteiger partial charge in [0.15, 0.2) is 17.2 Å². The van der Waals surface area contributed by atoms with Crippen LogP contribution in [0.1, 0.15) is 0 Å². The van der Waals surface area contributed by atoms with Crippen LogP contribution in [0.4, 0.5) is 0 Å². The van der Waals surface area contributed by atoms with Gasteiger partial charge < -0.3 is 4.98 Å². The molecular formula is C17H11N7. The molecule has 0 saturated carbocycles. The van der Waals surface area contributed by atoms with Crippen LogP contribution in [0, 0.1) is 0 Å². The largest absolute Gasteiger partial charge is 0.321 e. The van der Waals surface area contributed by atoms with Crippen molar-refractivity contribution in [1.29, 1.82) is 0 Å². The number of fused-ring (bicyclic) bond motifs is 2. The van der Waals surface area contributed by atoms with Crippen molar-refractivity contribution in [2.75, 3.05) is 0 Å². The molecule has 2 N–H and O–H groups in total. The molecule has 5 aromatic heterocycles. The van der Waals surface area contributed by atoms with Gasteiger partial charge in [-0.25, -0.2) is 15.0 Å². The van der Waals surface area contributed by atoms with E-state index in [2.05, 4.69) is 30.1 Å². The summed E-state index contributed by atoms with van der Waals surface area (Å²) in [5.41, 5.74) is 5.61. The predicted molar refractivity (Wildman–Crippen MR) is 90.0 cm³/mol. The first-order valence-corrected chi connectivity index (χ1v) is 7.45. The Morgan fingerprint density at radius 3 is 2.75 bits per heavy atom. The van der Waals surface area contributed by atoms with Crippen LogP contribution in [-0.2, 0) is 0 Å². The van der Waals surface area contributed by atoms with E-state index in [0.29, 0.717) is 11.5 Å². The average Bonchev–Trinajstić information content (AvgIpc) is 3.25. The van der Waals surface area contributed by atoms with Gasteiger partial charge >= 0.3 is 0 Å². The van der Waals surface area contributed by atoms with Crippen molar-refractivity contribution in [2.24, 2.45) is 0 Å². The third kappa shape index (κ3) is 1.95. The van der Waals surface area contributed by atoms with E-state index in [0.717, 1.165) is 33.5 Å². The van der Waals surface area contributed by atoms with Crippen LogP contribution in [0.5, 0.6) is 0 Å². The first-order chi connectivity index (χ1) is 11.9. The van der Waals surface area contributed by atoms with Crippen LogP contribution in [0.3, 0.4) is 0 Å². The van der Waals surface area contributed by atoms with Crippen LogP contribution in [0.25, 0.3) is 45.0 Å². The molecule has 0 radical (unpaired) electrons. The Kier molecular flexibility index (Phi) is 2.66. The number of nitrogens with one attached hydrogen (secondary N) is 2. The lowest BCUT2D eigenvalue weighted by molar-refractivity contribution is 1.10. The topological polar surface area (TPSA) is 96.0 Å². The maximum absolute atomic E-state index is 4.74. The molecule has 114 valence electrons. The lowest BCUT2D eigenvalue weighted by Gasteiger charge is -2.00. The third-order valence-corrected chi connectivity index (χ3v) is 3.84. The summed E-state index contributed by atoms with van der Waals surface area (Å²) in [6.07, 6.45) is 5.26. The highest BCUT2D eigenvalue weighted by Crippen LogP contribution is 2.26.